The van der Waals surface area contributed by atoms with Gasteiger partial charge in [-0.1, -0.05) is 23.1 Å². The van der Waals surface area contributed by atoms with E-state index in [0.717, 1.165) is 27.8 Å². The maximum absolute atomic E-state index is 14.9. The Hall–Kier alpha value is -2.87. The lowest BCUT2D eigenvalue weighted by atomic mass is 9.91. The molecule has 0 unspecified atom stereocenters. The van der Waals surface area contributed by atoms with Gasteiger partial charge in [-0.05, 0) is 68.7 Å². The molecule has 1 aliphatic carbocycles. The zero-order valence-electron chi connectivity index (χ0n) is 15.9. The molecule has 5 heteroatoms. The van der Waals surface area contributed by atoms with E-state index in [4.69, 9.17) is 5.73 Å². The first kappa shape index (κ1) is 18.9. The first-order valence-electron chi connectivity index (χ1n) is 9.06. The van der Waals surface area contributed by atoms with Crippen molar-refractivity contribution in [3.8, 4) is 11.8 Å². The van der Waals surface area contributed by atoms with Crippen LogP contribution in [0, 0.1) is 17.7 Å². The van der Waals surface area contributed by atoms with Gasteiger partial charge in [0.1, 0.15) is 5.82 Å². The first-order chi connectivity index (χ1) is 12.8. The zero-order chi connectivity index (χ0) is 19.7. The number of carbonyl (C=O) groups is 2. The summed E-state index contributed by atoms with van der Waals surface area (Å²) >= 11 is 0. The van der Waals surface area contributed by atoms with E-state index < -0.39 is 11.7 Å². The molecule has 2 aliphatic rings. The highest BCUT2D eigenvalue weighted by molar-refractivity contribution is 5.98. The number of halogens is 1. The summed E-state index contributed by atoms with van der Waals surface area (Å²) in [4.78, 5) is 25.4. The predicted octanol–water partition coefficient (Wildman–Crippen LogP) is 3.30. The number of nitrogens with two attached hydrogens (primary N) is 1. The Morgan fingerprint density at radius 1 is 1.26 bits per heavy atom. The molecular formula is C22H23FN2O2. The Balaban J connectivity index is 1.96. The minimum absolute atomic E-state index is 0.163. The van der Waals surface area contributed by atoms with Gasteiger partial charge < -0.3 is 10.6 Å². The van der Waals surface area contributed by atoms with Crippen LogP contribution in [0.5, 0.6) is 0 Å². The number of carbonyl (C=O) groups excluding carboxylic acids is 2. The van der Waals surface area contributed by atoms with Crippen molar-refractivity contribution in [3.63, 3.8) is 0 Å². The maximum atomic E-state index is 14.9. The van der Waals surface area contributed by atoms with Crippen LogP contribution in [0.3, 0.4) is 0 Å². The minimum atomic E-state index is -0.601. The van der Waals surface area contributed by atoms with Gasteiger partial charge in [-0.25, -0.2) is 4.39 Å². The maximum Gasteiger partial charge on any atom is 0.298 e. The molecular weight excluding hydrogens is 343 g/mol. The van der Waals surface area contributed by atoms with Gasteiger partial charge in [-0.3, -0.25) is 9.59 Å². The fourth-order valence-electron chi connectivity index (χ4n) is 3.82. The molecule has 0 atom stereocenters. The molecule has 0 spiro atoms. The van der Waals surface area contributed by atoms with E-state index in [1.54, 1.807) is 11.8 Å². The summed E-state index contributed by atoms with van der Waals surface area (Å²) < 4.78 is 14.9. The average molecular weight is 366 g/mol. The number of piperidine rings is 1. The molecule has 27 heavy (non-hydrogen) atoms. The highest BCUT2D eigenvalue weighted by atomic mass is 19.1. The molecule has 1 aromatic carbocycles. The van der Waals surface area contributed by atoms with Crippen LogP contribution in [0.2, 0.25) is 0 Å². The minimum Gasteiger partial charge on any atom is -0.366 e. The van der Waals surface area contributed by atoms with Crippen LogP contribution in [0.4, 0.5) is 4.39 Å². The second-order valence-corrected chi connectivity index (χ2v) is 7.09. The van der Waals surface area contributed by atoms with Crippen LogP contribution >= 0.6 is 0 Å². The molecule has 2 amide bonds. The first-order valence-corrected chi connectivity index (χ1v) is 9.06. The molecule has 1 aliphatic heterocycles. The quantitative estimate of drug-likeness (QED) is 0.816. The lowest BCUT2D eigenvalue weighted by Crippen LogP contribution is -2.35. The Bertz CT molecular complexity index is 951. The number of primary amides is 1. The van der Waals surface area contributed by atoms with Gasteiger partial charge in [-0.15, -0.1) is 0 Å². The van der Waals surface area contributed by atoms with E-state index in [1.807, 2.05) is 19.9 Å². The topological polar surface area (TPSA) is 63.4 Å². The molecule has 1 saturated heterocycles. The second-order valence-electron chi connectivity index (χ2n) is 7.09. The number of hydrogen-bond acceptors (Lipinski definition) is 2. The highest BCUT2D eigenvalue weighted by Gasteiger charge is 2.27. The van der Waals surface area contributed by atoms with Gasteiger partial charge >= 0.3 is 0 Å². The fraction of sp³-hybridized carbons (Fsp3) is 0.364. The summed E-state index contributed by atoms with van der Waals surface area (Å²) in [6.45, 7) is 6.75. The van der Waals surface area contributed by atoms with Crippen molar-refractivity contribution in [1.29, 1.82) is 0 Å². The Morgan fingerprint density at radius 2 is 1.93 bits per heavy atom. The number of fused-ring (bicyclic) bond motifs is 1. The molecule has 0 saturated carbocycles. The number of hydrogen-bond donors (Lipinski definition) is 1. The summed E-state index contributed by atoms with van der Waals surface area (Å²) in [5.74, 6) is 3.99. The third-order valence-electron chi connectivity index (χ3n) is 5.42. The highest BCUT2D eigenvalue weighted by Crippen LogP contribution is 2.39. The average Bonchev–Trinajstić information content (AvgIpc) is 2.93. The fourth-order valence-corrected chi connectivity index (χ4v) is 3.82. The molecule has 1 heterocycles. The van der Waals surface area contributed by atoms with Crippen LogP contribution in [-0.2, 0) is 11.2 Å². The number of rotatable bonds is 2. The van der Waals surface area contributed by atoms with Crippen LogP contribution in [0.15, 0.2) is 17.2 Å². The summed E-state index contributed by atoms with van der Waals surface area (Å²) in [7, 11) is 0. The van der Waals surface area contributed by atoms with Gasteiger partial charge in [0.2, 0.25) is 5.91 Å². The Morgan fingerprint density at radius 3 is 2.52 bits per heavy atom. The van der Waals surface area contributed by atoms with Crippen molar-refractivity contribution >= 4 is 23.5 Å². The van der Waals surface area contributed by atoms with Crippen molar-refractivity contribution in [2.75, 3.05) is 13.1 Å². The van der Waals surface area contributed by atoms with Crippen LogP contribution in [0.25, 0.3) is 11.6 Å². The van der Waals surface area contributed by atoms with Gasteiger partial charge in [0.25, 0.3) is 5.91 Å². The van der Waals surface area contributed by atoms with E-state index in [2.05, 4.69) is 11.8 Å². The largest absolute Gasteiger partial charge is 0.366 e. The van der Waals surface area contributed by atoms with Crippen molar-refractivity contribution < 1.29 is 14.0 Å². The van der Waals surface area contributed by atoms with Crippen LogP contribution in [0.1, 0.15) is 60.7 Å². The lowest BCUT2D eigenvalue weighted by Gasteiger charge is -2.27. The Labute approximate surface area is 158 Å². The Kier molecular flexibility index (Phi) is 5.18. The molecule has 1 aromatic rings. The normalized spacial score (nSPS) is 16.0. The molecule has 4 nitrogen and oxygen atoms in total. The number of nitrogens with zero attached hydrogens (tertiary/aromatic N) is 1. The molecule has 140 valence electrons. The van der Waals surface area contributed by atoms with E-state index in [0.29, 0.717) is 37.9 Å². The standard InChI is InChI=1S/C22H23FN2O2/c1-4-5-20(26)25-8-6-15(7-9-25)11-18-19(23)12-17(22(24)27)16-10-13(2)14(3)21(16)18/h11-12H,6-10H2,1-3H3,(H2,24,27). The van der Waals surface area contributed by atoms with Crippen LogP contribution in [-0.4, -0.2) is 29.8 Å². The van der Waals surface area contributed by atoms with Gasteiger partial charge in [0.15, 0.2) is 0 Å². The molecule has 2 N–H and O–H groups in total. The van der Waals surface area contributed by atoms with Gasteiger partial charge in [-0.2, -0.15) is 0 Å². The van der Waals surface area contributed by atoms with Gasteiger partial charge in [0.05, 0.1) is 0 Å². The molecule has 0 bridgehead atoms. The number of allylic oxidation sites excluding steroid dienone is 2. The summed E-state index contributed by atoms with van der Waals surface area (Å²) in [6.07, 6.45) is 3.87. The molecule has 0 aromatic heterocycles. The third-order valence-corrected chi connectivity index (χ3v) is 5.42. The molecule has 1 fully saturated rings. The zero-order valence-corrected chi connectivity index (χ0v) is 15.9. The summed E-state index contributed by atoms with van der Waals surface area (Å²) in [5.41, 5.74) is 11.1. The van der Waals surface area contributed by atoms with Crippen molar-refractivity contribution in [2.45, 2.75) is 40.0 Å². The van der Waals surface area contributed by atoms with E-state index >= 15 is 0 Å². The smallest absolute Gasteiger partial charge is 0.298 e. The SMILES string of the molecule is CC#CC(=O)N1CCC(=Cc2c(F)cc(C(N)=O)c3c2C(C)=C(C)C3)CC1. The van der Waals surface area contributed by atoms with E-state index in [9.17, 15) is 14.0 Å². The molecule has 0 radical (unpaired) electrons. The monoisotopic (exact) mass is 366 g/mol. The number of likely N-dealkylation sites (tertiary alicyclic amines) is 1. The summed E-state index contributed by atoms with van der Waals surface area (Å²) in [6, 6.07) is 1.26. The van der Waals surface area contributed by atoms with E-state index in [-0.39, 0.29) is 11.5 Å². The summed E-state index contributed by atoms with van der Waals surface area (Å²) in [5, 5.41) is 0. The lowest BCUT2D eigenvalue weighted by molar-refractivity contribution is -0.125. The number of benzene rings is 1. The van der Waals surface area contributed by atoms with Crippen molar-refractivity contribution in [2.24, 2.45) is 5.73 Å². The number of amides is 2. The molecule has 3 rings (SSSR count). The van der Waals surface area contributed by atoms with Crippen molar-refractivity contribution in [1.82, 2.24) is 4.90 Å². The van der Waals surface area contributed by atoms with Gasteiger partial charge in [0, 0.05) is 24.2 Å². The predicted molar refractivity (Wildman–Crippen MR) is 104 cm³/mol. The van der Waals surface area contributed by atoms with E-state index in [1.165, 1.54) is 6.07 Å². The second kappa shape index (κ2) is 7.40. The van der Waals surface area contributed by atoms with Crippen LogP contribution < -0.4 is 5.73 Å². The third kappa shape index (κ3) is 3.52. The van der Waals surface area contributed by atoms with Crippen molar-refractivity contribution in [3.05, 3.63) is 45.3 Å².